The number of halogens is 1. The Kier molecular flexibility index (Phi) is 5.33. The first kappa shape index (κ1) is 16.1. The maximum absolute atomic E-state index is 12.1. The lowest BCUT2D eigenvalue weighted by Gasteiger charge is -2.33. The van der Waals surface area contributed by atoms with Crippen molar-refractivity contribution in [3.63, 3.8) is 0 Å². The minimum absolute atomic E-state index is 0.0300. The van der Waals surface area contributed by atoms with Crippen LogP contribution in [0.2, 0.25) is 5.02 Å². The summed E-state index contributed by atoms with van der Waals surface area (Å²) in [5, 5.41) is 3.42. The number of piperazine rings is 1. The van der Waals surface area contributed by atoms with Gasteiger partial charge in [0.05, 0.1) is 30.1 Å². The van der Waals surface area contributed by atoms with Crippen molar-refractivity contribution in [2.24, 2.45) is 0 Å². The average Bonchev–Trinajstić information content (AvgIpc) is 3.04. The molecule has 1 aromatic heterocycles. The van der Waals surface area contributed by atoms with E-state index in [1.807, 2.05) is 30.3 Å². The van der Waals surface area contributed by atoms with Crippen molar-refractivity contribution in [2.75, 3.05) is 38.0 Å². The molecular weight excluding hydrogens is 314 g/mol. The Morgan fingerprint density at radius 3 is 2.52 bits per heavy atom. The maximum Gasteiger partial charge on any atom is 0.238 e. The van der Waals surface area contributed by atoms with E-state index in [0.717, 1.165) is 38.5 Å². The van der Waals surface area contributed by atoms with Gasteiger partial charge in [-0.3, -0.25) is 14.6 Å². The number of amides is 1. The van der Waals surface area contributed by atoms with Gasteiger partial charge in [-0.05, 0) is 24.3 Å². The van der Waals surface area contributed by atoms with Crippen LogP contribution in [0.3, 0.4) is 0 Å². The molecule has 0 radical (unpaired) electrons. The number of para-hydroxylation sites is 1. The van der Waals surface area contributed by atoms with E-state index in [1.165, 1.54) is 0 Å². The molecule has 3 rings (SSSR count). The third-order valence-corrected chi connectivity index (χ3v) is 4.27. The molecule has 1 fully saturated rings. The summed E-state index contributed by atoms with van der Waals surface area (Å²) < 4.78 is 5.37. The van der Waals surface area contributed by atoms with Crippen molar-refractivity contribution in [1.82, 2.24) is 9.80 Å². The summed E-state index contributed by atoms with van der Waals surface area (Å²) in [6, 6.07) is 11.2. The van der Waals surface area contributed by atoms with E-state index >= 15 is 0 Å². The van der Waals surface area contributed by atoms with Gasteiger partial charge >= 0.3 is 0 Å². The first-order valence-corrected chi connectivity index (χ1v) is 8.10. The Morgan fingerprint density at radius 2 is 1.83 bits per heavy atom. The second-order valence-corrected chi connectivity index (χ2v) is 6.07. The zero-order valence-electron chi connectivity index (χ0n) is 12.9. The molecule has 2 heterocycles. The summed E-state index contributed by atoms with van der Waals surface area (Å²) in [7, 11) is 0. The van der Waals surface area contributed by atoms with Crippen molar-refractivity contribution in [3.05, 3.63) is 53.4 Å². The number of carbonyl (C=O) groups is 1. The Morgan fingerprint density at radius 1 is 1.09 bits per heavy atom. The van der Waals surface area contributed by atoms with Gasteiger partial charge in [0, 0.05) is 26.2 Å². The highest BCUT2D eigenvalue weighted by atomic mass is 35.5. The zero-order chi connectivity index (χ0) is 16.1. The van der Waals surface area contributed by atoms with E-state index in [1.54, 1.807) is 12.3 Å². The van der Waals surface area contributed by atoms with Crippen molar-refractivity contribution < 1.29 is 9.21 Å². The Hall–Kier alpha value is -1.82. The molecule has 0 spiro atoms. The number of nitrogens with zero attached hydrogens (tertiary/aromatic N) is 2. The third-order valence-electron chi connectivity index (χ3n) is 3.94. The summed E-state index contributed by atoms with van der Waals surface area (Å²) in [6.45, 7) is 4.82. The van der Waals surface area contributed by atoms with Gasteiger partial charge < -0.3 is 9.73 Å². The highest BCUT2D eigenvalue weighted by molar-refractivity contribution is 6.33. The highest BCUT2D eigenvalue weighted by Crippen LogP contribution is 2.20. The average molecular weight is 334 g/mol. The van der Waals surface area contributed by atoms with Gasteiger partial charge in [-0.25, -0.2) is 0 Å². The number of hydrogen-bond acceptors (Lipinski definition) is 4. The molecule has 0 saturated carbocycles. The van der Waals surface area contributed by atoms with Crippen LogP contribution in [-0.2, 0) is 11.3 Å². The first-order chi connectivity index (χ1) is 11.2. The molecule has 0 bridgehead atoms. The standard InChI is InChI=1S/C17H20ClN3O2/c18-15-5-1-2-6-16(15)19-17(22)13-21-9-7-20(8-10-21)12-14-4-3-11-23-14/h1-6,11H,7-10,12-13H2,(H,19,22). The molecule has 0 atom stereocenters. The first-order valence-electron chi connectivity index (χ1n) is 7.72. The molecule has 5 nitrogen and oxygen atoms in total. The molecule has 0 unspecified atom stereocenters. The minimum Gasteiger partial charge on any atom is -0.468 e. The Labute approximate surface area is 140 Å². The van der Waals surface area contributed by atoms with E-state index < -0.39 is 0 Å². The summed E-state index contributed by atoms with van der Waals surface area (Å²) in [5.41, 5.74) is 0.663. The number of furan rings is 1. The lowest BCUT2D eigenvalue weighted by Crippen LogP contribution is -2.48. The molecule has 122 valence electrons. The number of hydrogen-bond donors (Lipinski definition) is 1. The van der Waals surface area contributed by atoms with Crippen molar-refractivity contribution in [3.8, 4) is 0 Å². The SMILES string of the molecule is O=C(CN1CCN(Cc2ccco2)CC1)Nc1ccccc1Cl. The largest absolute Gasteiger partial charge is 0.468 e. The lowest BCUT2D eigenvalue weighted by molar-refractivity contribution is -0.117. The Balaban J connectivity index is 1.43. The monoisotopic (exact) mass is 333 g/mol. The van der Waals surface area contributed by atoms with Crippen LogP contribution in [0.5, 0.6) is 0 Å². The van der Waals surface area contributed by atoms with Gasteiger partial charge in [0.2, 0.25) is 5.91 Å². The van der Waals surface area contributed by atoms with Crippen molar-refractivity contribution >= 4 is 23.2 Å². The van der Waals surface area contributed by atoms with Gasteiger partial charge in [0.1, 0.15) is 5.76 Å². The summed E-state index contributed by atoms with van der Waals surface area (Å²) in [5.74, 6) is 0.951. The fourth-order valence-electron chi connectivity index (χ4n) is 2.68. The molecule has 1 N–H and O–H groups in total. The normalized spacial score (nSPS) is 16.4. The summed E-state index contributed by atoms with van der Waals surface area (Å²) >= 11 is 6.05. The molecule has 1 aliphatic heterocycles. The maximum atomic E-state index is 12.1. The number of carbonyl (C=O) groups excluding carboxylic acids is 1. The number of benzene rings is 1. The second-order valence-electron chi connectivity index (χ2n) is 5.66. The second kappa shape index (κ2) is 7.64. The van der Waals surface area contributed by atoms with Gasteiger partial charge in [0.15, 0.2) is 0 Å². The lowest BCUT2D eigenvalue weighted by atomic mass is 10.3. The van der Waals surface area contributed by atoms with E-state index in [0.29, 0.717) is 17.3 Å². The zero-order valence-corrected chi connectivity index (χ0v) is 13.6. The number of anilines is 1. The van der Waals surface area contributed by atoms with Crippen LogP contribution in [0.15, 0.2) is 47.1 Å². The van der Waals surface area contributed by atoms with Crippen molar-refractivity contribution in [2.45, 2.75) is 6.54 Å². The van der Waals surface area contributed by atoms with Crippen molar-refractivity contribution in [1.29, 1.82) is 0 Å². The highest BCUT2D eigenvalue weighted by Gasteiger charge is 2.19. The predicted molar refractivity (Wildman–Crippen MR) is 90.5 cm³/mol. The van der Waals surface area contributed by atoms with E-state index in [9.17, 15) is 4.79 Å². The molecule has 0 aliphatic carbocycles. The molecule has 1 aliphatic rings. The van der Waals surface area contributed by atoms with Crippen LogP contribution >= 0.6 is 11.6 Å². The van der Waals surface area contributed by atoms with Crippen LogP contribution in [0.25, 0.3) is 0 Å². The van der Waals surface area contributed by atoms with Gasteiger partial charge in [-0.2, -0.15) is 0 Å². The van der Waals surface area contributed by atoms with E-state index in [2.05, 4.69) is 15.1 Å². The smallest absolute Gasteiger partial charge is 0.238 e. The fourth-order valence-corrected chi connectivity index (χ4v) is 2.87. The van der Waals surface area contributed by atoms with Crippen LogP contribution < -0.4 is 5.32 Å². The molecule has 1 amide bonds. The predicted octanol–water partition coefficient (Wildman–Crippen LogP) is 2.69. The molecule has 1 aromatic carbocycles. The van der Waals surface area contributed by atoms with Gasteiger partial charge in [0.25, 0.3) is 0 Å². The van der Waals surface area contributed by atoms with Crippen LogP contribution in [0.4, 0.5) is 5.69 Å². The summed E-state index contributed by atoms with van der Waals surface area (Å²) in [4.78, 5) is 16.6. The Bertz CT molecular complexity index is 637. The van der Waals surface area contributed by atoms with Crippen LogP contribution in [-0.4, -0.2) is 48.4 Å². The number of rotatable bonds is 5. The van der Waals surface area contributed by atoms with E-state index in [-0.39, 0.29) is 5.91 Å². The third kappa shape index (κ3) is 4.58. The molecule has 1 saturated heterocycles. The molecule has 2 aromatic rings. The van der Waals surface area contributed by atoms with Gasteiger partial charge in [-0.15, -0.1) is 0 Å². The summed E-state index contributed by atoms with van der Waals surface area (Å²) in [6.07, 6.45) is 1.70. The fraction of sp³-hybridized carbons (Fsp3) is 0.353. The quantitative estimate of drug-likeness (QED) is 0.914. The van der Waals surface area contributed by atoms with Crippen LogP contribution in [0.1, 0.15) is 5.76 Å². The molecule has 23 heavy (non-hydrogen) atoms. The number of nitrogens with one attached hydrogen (secondary N) is 1. The molecular formula is C17H20ClN3O2. The topological polar surface area (TPSA) is 48.7 Å². The molecule has 6 heteroatoms. The van der Waals surface area contributed by atoms with E-state index in [4.69, 9.17) is 16.0 Å². The minimum atomic E-state index is -0.0300. The van der Waals surface area contributed by atoms with Gasteiger partial charge in [-0.1, -0.05) is 23.7 Å². The van der Waals surface area contributed by atoms with Crippen LogP contribution in [0, 0.1) is 0 Å².